The van der Waals surface area contributed by atoms with Gasteiger partial charge in [0.25, 0.3) is 0 Å². The number of hydrogen-bond donors (Lipinski definition) is 2. The molecule has 1 aliphatic rings. The number of piperidine rings is 1. The summed E-state index contributed by atoms with van der Waals surface area (Å²) < 4.78 is 32.1. The molecule has 0 atom stereocenters. The number of benzene rings is 2. The van der Waals surface area contributed by atoms with Crippen molar-refractivity contribution >= 4 is 16.0 Å². The molecule has 0 unspecified atom stereocenters. The minimum Gasteiger partial charge on any atom is -0.490 e. The molecule has 1 saturated heterocycles. The Balaban J connectivity index is 1.59. The van der Waals surface area contributed by atoms with Gasteiger partial charge >= 0.3 is 0 Å². The van der Waals surface area contributed by atoms with Gasteiger partial charge in [-0.2, -0.15) is 0 Å². The average molecular weight is 445 g/mol. The maximum atomic E-state index is 11.8. The van der Waals surface area contributed by atoms with Crippen molar-refractivity contribution in [1.82, 2.24) is 14.9 Å². The lowest BCUT2D eigenvalue weighted by molar-refractivity contribution is 0.129. The van der Waals surface area contributed by atoms with Crippen LogP contribution in [0.3, 0.4) is 0 Å². The molecule has 0 aromatic heterocycles. The van der Waals surface area contributed by atoms with E-state index in [4.69, 9.17) is 9.73 Å². The van der Waals surface area contributed by atoms with Crippen molar-refractivity contribution in [3.05, 3.63) is 65.7 Å². The van der Waals surface area contributed by atoms with E-state index < -0.39 is 10.0 Å². The SMILES string of the molecule is CCNC(=NCc1cccc(CS(=O)(=O)NC)c1)N1CCC(Oc2ccccc2)CC1. The fourth-order valence-electron chi connectivity index (χ4n) is 3.58. The summed E-state index contributed by atoms with van der Waals surface area (Å²) in [6.07, 6.45) is 2.10. The maximum Gasteiger partial charge on any atom is 0.215 e. The Morgan fingerprint density at radius 2 is 1.81 bits per heavy atom. The van der Waals surface area contributed by atoms with E-state index in [1.807, 2.05) is 54.6 Å². The number of guanidine groups is 1. The van der Waals surface area contributed by atoms with E-state index in [1.54, 1.807) is 0 Å². The largest absolute Gasteiger partial charge is 0.490 e. The Labute approximate surface area is 185 Å². The predicted molar refractivity (Wildman–Crippen MR) is 125 cm³/mol. The van der Waals surface area contributed by atoms with Crippen molar-refractivity contribution in [2.24, 2.45) is 4.99 Å². The molecule has 7 nitrogen and oxygen atoms in total. The van der Waals surface area contributed by atoms with Gasteiger partial charge in [0.1, 0.15) is 11.9 Å². The van der Waals surface area contributed by atoms with E-state index in [-0.39, 0.29) is 11.9 Å². The van der Waals surface area contributed by atoms with Gasteiger partial charge in [-0.15, -0.1) is 0 Å². The highest BCUT2D eigenvalue weighted by atomic mass is 32.2. The number of sulfonamides is 1. The lowest BCUT2D eigenvalue weighted by atomic mass is 10.1. The molecule has 2 aromatic carbocycles. The molecule has 3 rings (SSSR count). The van der Waals surface area contributed by atoms with Crippen LogP contribution in [0.2, 0.25) is 0 Å². The third kappa shape index (κ3) is 7.25. The highest BCUT2D eigenvalue weighted by molar-refractivity contribution is 7.88. The van der Waals surface area contributed by atoms with Crippen molar-refractivity contribution in [1.29, 1.82) is 0 Å². The lowest BCUT2D eigenvalue weighted by Crippen LogP contribution is -2.47. The van der Waals surface area contributed by atoms with Crippen LogP contribution in [0.15, 0.2) is 59.6 Å². The maximum absolute atomic E-state index is 11.8. The molecule has 168 valence electrons. The molecule has 0 amide bonds. The summed E-state index contributed by atoms with van der Waals surface area (Å²) in [4.78, 5) is 7.07. The summed E-state index contributed by atoms with van der Waals surface area (Å²) in [5.41, 5.74) is 1.74. The first-order valence-corrected chi connectivity index (χ1v) is 12.4. The fourth-order valence-corrected chi connectivity index (χ4v) is 4.34. The molecule has 1 heterocycles. The van der Waals surface area contributed by atoms with Crippen LogP contribution in [-0.2, 0) is 22.3 Å². The number of nitrogens with one attached hydrogen (secondary N) is 2. The van der Waals surface area contributed by atoms with E-state index in [0.29, 0.717) is 6.54 Å². The van der Waals surface area contributed by atoms with Gasteiger partial charge in [-0.25, -0.2) is 18.1 Å². The molecule has 2 N–H and O–H groups in total. The van der Waals surface area contributed by atoms with Gasteiger partial charge in [0.05, 0.1) is 12.3 Å². The lowest BCUT2D eigenvalue weighted by Gasteiger charge is -2.34. The van der Waals surface area contributed by atoms with Crippen LogP contribution in [-0.4, -0.2) is 52.1 Å². The molecule has 31 heavy (non-hydrogen) atoms. The van der Waals surface area contributed by atoms with Gasteiger partial charge < -0.3 is 15.0 Å². The van der Waals surface area contributed by atoms with Crippen molar-refractivity contribution in [3.8, 4) is 5.75 Å². The molecule has 0 saturated carbocycles. The minimum atomic E-state index is -3.29. The van der Waals surface area contributed by atoms with Crippen LogP contribution in [0.4, 0.5) is 0 Å². The Morgan fingerprint density at radius 3 is 2.48 bits per heavy atom. The van der Waals surface area contributed by atoms with E-state index in [1.165, 1.54) is 7.05 Å². The number of likely N-dealkylation sites (tertiary alicyclic amines) is 1. The van der Waals surface area contributed by atoms with Crippen LogP contribution < -0.4 is 14.8 Å². The zero-order valence-corrected chi connectivity index (χ0v) is 19.1. The highest BCUT2D eigenvalue weighted by Gasteiger charge is 2.22. The van der Waals surface area contributed by atoms with Crippen LogP contribution in [0.25, 0.3) is 0 Å². The van der Waals surface area contributed by atoms with Crippen molar-refractivity contribution in [3.63, 3.8) is 0 Å². The average Bonchev–Trinajstić information content (AvgIpc) is 2.78. The first kappa shape index (κ1) is 23.1. The van der Waals surface area contributed by atoms with E-state index >= 15 is 0 Å². The van der Waals surface area contributed by atoms with Crippen LogP contribution >= 0.6 is 0 Å². The zero-order valence-electron chi connectivity index (χ0n) is 18.3. The zero-order chi connectivity index (χ0) is 22.1. The van der Waals surface area contributed by atoms with Crippen molar-refractivity contribution in [2.45, 2.75) is 38.2 Å². The fraction of sp³-hybridized carbons (Fsp3) is 0.435. The second kappa shape index (κ2) is 11.2. The number of aliphatic imine (C=N–C) groups is 1. The topological polar surface area (TPSA) is 83.0 Å². The van der Waals surface area contributed by atoms with Crippen LogP contribution in [0.1, 0.15) is 30.9 Å². The van der Waals surface area contributed by atoms with Gasteiger partial charge in [0, 0.05) is 32.5 Å². The third-order valence-corrected chi connectivity index (χ3v) is 6.53. The Kier molecular flexibility index (Phi) is 8.31. The normalized spacial score (nSPS) is 15.7. The number of rotatable bonds is 8. The summed E-state index contributed by atoms with van der Waals surface area (Å²) in [6.45, 7) is 5.10. The summed E-state index contributed by atoms with van der Waals surface area (Å²) in [5.74, 6) is 1.77. The third-order valence-electron chi connectivity index (χ3n) is 5.19. The number of ether oxygens (including phenoxy) is 1. The van der Waals surface area contributed by atoms with Crippen LogP contribution in [0, 0.1) is 0 Å². The molecule has 2 aromatic rings. The minimum absolute atomic E-state index is 0.0317. The number of para-hydroxylation sites is 1. The van der Waals surface area contributed by atoms with Gasteiger partial charge in [-0.3, -0.25) is 0 Å². The van der Waals surface area contributed by atoms with Gasteiger partial charge in [-0.1, -0.05) is 42.5 Å². The summed E-state index contributed by atoms with van der Waals surface area (Å²) >= 11 is 0. The summed E-state index contributed by atoms with van der Waals surface area (Å²) in [6, 6.07) is 17.5. The van der Waals surface area contributed by atoms with E-state index in [2.05, 4.69) is 21.9 Å². The molecule has 0 aliphatic carbocycles. The molecular weight excluding hydrogens is 412 g/mol. The Bertz CT molecular complexity index is 956. The first-order chi connectivity index (χ1) is 15.0. The summed E-state index contributed by atoms with van der Waals surface area (Å²) in [5, 5.41) is 3.38. The van der Waals surface area contributed by atoms with Gasteiger partial charge in [-0.05, 0) is 37.2 Å². The van der Waals surface area contributed by atoms with Crippen molar-refractivity contribution in [2.75, 3.05) is 26.7 Å². The first-order valence-electron chi connectivity index (χ1n) is 10.7. The summed E-state index contributed by atoms with van der Waals surface area (Å²) in [7, 11) is -1.86. The molecule has 8 heteroatoms. The van der Waals surface area contributed by atoms with Crippen molar-refractivity contribution < 1.29 is 13.2 Å². The van der Waals surface area contributed by atoms with Gasteiger partial charge in [0.2, 0.25) is 10.0 Å². The molecule has 0 spiro atoms. The Hall–Kier alpha value is -2.58. The molecule has 1 aliphatic heterocycles. The molecule has 1 fully saturated rings. The molecule has 0 bridgehead atoms. The monoisotopic (exact) mass is 444 g/mol. The predicted octanol–water partition coefficient (Wildman–Crippen LogP) is 2.74. The highest BCUT2D eigenvalue weighted by Crippen LogP contribution is 2.19. The number of hydrogen-bond acceptors (Lipinski definition) is 4. The second-order valence-electron chi connectivity index (χ2n) is 7.57. The van der Waals surface area contributed by atoms with Gasteiger partial charge in [0.15, 0.2) is 5.96 Å². The molecular formula is C23H32N4O3S. The number of nitrogens with zero attached hydrogens (tertiary/aromatic N) is 2. The Morgan fingerprint density at radius 1 is 1.10 bits per heavy atom. The van der Waals surface area contributed by atoms with Crippen LogP contribution in [0.5, 0.6) is 5.75 Å². The smallest absolute Gasteiger partial charge is 0.215 e. The standard InChI is InChI=1S/C23H32N4O3S/c1-3-25-23(26-17-19-8-7-9-20(16-19)18-31(28,29)24-2)27-14-12-22(13-15-27)30-21-10-5-4-6-11-21/h4-11,16,22,24H,3,12-15,17-18H2,1-2H3,(H,25,26). The second-order valence-corrected chi connectivity index (χ2v) is 9.50. The molecule has 0 radical (unpaired) electrons. The van der Waals surface area contributed by atoms with E-state index in [9.17, 15) is 8.42 Å². The van der Waals surface area contributed by atoms with E-state index in [0.717, 1.165) is 55.3 Å². The quantitative estimate of drug-likeness (QED) is 0.483.